The van der Waals surface area contributed by atoms with Crippen LogP contribution in [0.2, 0.25) is 0 Å². The van der Waals surface area contributed by atoms with E-state index < -0.39 is 0 Å². The van der Waals surface area contributed by atoms with E-state index in [2.05, 4.69) is 20.3 Å². The zero-order chi connectivity index (χ0) is 20.0. The Bertz CT molecular complexity index is 1180. The highest BCUT2D eigenvalue weighted by Crippen LogP contribution is 2.28. The molecule has 0 fully saturated rings. The second-order valence-corrected chi connectivity index (χ2v) is 7.63. The standard InChI is InChI=1S/C19H16FN7OS/c1-12-17-23-21-11-25(17)7-8-26(12)19(28)16-22-18(15-6-3-9-29-15)27(24-16)14-5-2-4-13(20)10-14/h2-6,9-12H,7-8H2,1H3. The fourth-order valence-corrected chi connectivity index (χ4v) is 4.17. The number of amides is 1. The zero-order valence-electron chi connectivity index (χ0n) is 15.4. The molecule has 0 N–H and O–H groups in total. The molecule has 10 heteroatoms. The summed E-state index contributed by atoms with van der Waals surface area (Å²) in [5.74, 6) is 0.624. The number of hydrogen-bond donors (Lipinski definition) is 0. The average Bonchev–Trinajstić information content (AvgIpc) is 3.47. The third-order valence-electron chi connectivity index (χ3n) is 4.92. The van der Waals surface area contributed by atoms with E-state index >= 15 is 0 Å². The molecule has 1 aromatic carbocycles. The normalized spacial score (nSPS) is 16.1. The van der Waals surface area contributed by atoms with E-state index in [9.17, 15) is 9.18 Å². The van der Waals surface area contributed by atoms with Crippen molar-refractivity contribution in [1.82, 2.24) is 34.4 Å². The number of rotatable bonds is 3. The predicted octanol–water partition coefficient (Wildman–Crippen LogP) is 2.94. The Morgan fingerprint density at radius 2 is 2.14 bits per heavy atom. The molecule has 0 saturated carbocycles. The van der Waals surface area contributed by atoms with Crippen molar-refractivity contribution in [1.29, 1.82) is 0 Å². The van der Waals surface area contributed by atoms with Crippen molar-refractivity contribution in [2.45, 2.75) is 19.5 Å². The van der Waals surface area contributed by atoms with E-state index in [0.29, 0.717) is 24.6 Å². The first-order chi connectivity index (χ1) is 14.1. The van der Waals surface area contributed by atoms with E-state index in [0.717, 1.165) is 10.7 Å². The molecule has 0 radical (unpaired) electrons. The van der Waals surface area contributed by atoms with Gasteiger partial charge in [-0.3, -0.25) is 4.79 Å². The summed E-state index contributed by atoms with van der Waals surface area (Å²) in [6, 6.07) is 9.61. The molecular formula is C19H16FN7OS. The smallest absolute Gasteiger partial charge is 0.294 e. The fourth-order valence-electron chi connectivity index (χ4n) is 3.47. The minimum atomic E-state index is -0.382. The molecule has 0 spiro atoms. The Kier molecular flexibility index (Phi) is 4.20. The Morgan fingerprint density at radius 3 is 2.93 bits per heavy atom. The average molecular weight is 409 g/mol. The van der Waals surface area contributed by atoms with Crippen molar-refractivity contribution in [2.75, 3.05) is 6.54 Å². The number of halogens is 1. The fraction of sp³-hybridized carbons (Fsp3) is 0.211. The maximum Gasteiger partial charge on any atom is 0.294 e. The molecule has 4 heterocycles. The van der Waals surface area contributed by atoms with Gasteiger partial charge in [0.15, 0.2) is 11.6 Å². The second kappa shape index (κ2) is 6.89. The van der Waals surface area contributed by atoms with Gasteiger partial charge in [0.1, 0.15) is 12.1 Å². The molecule has 1 amide bonds. The molecule has 0 saturated heterocycles. The monoisotopic (exact) mass is 409 g/mol. The van der Waals surface area contributed by atoms with Crippen molar-refractivity contribution in [3.8, 4) is 16.4 Å². The summed E-state index contributed by atoms with van der Waals surface area (Å²) in [5.41, 5.74) is 0.506. The van der Waals surface area contributed by atoms with Gasteiger partial charge in [-0.25, -0.2) is 14.1 Å². The maximum absolute atomic E-state index is 13.8. The molecule has 1 atom stereocenters. The van der Waals surface area contributed by atoms with Gasteiger partial charge in [-0.1, -0.05) is 12.1 Å². The molecule has 146 valence electrons. The first-order valence-electron chi connectivity index (χ1n) is 9.07. The first-order valence-corrected chi connectivity index (χ1v) is 9.95. The first kappa shape index (κ1) is 17.7. The Morgan fingerprint density at radius 1 is 1.24 bits per heavy atom. The van der Waals surface area contributed by atoms with Crippen LogP contribution in [-0.2, 0) is 6.54 Å². The highest BCUT2D eigenvalue weighted by Gasteiger charge is 2.32. The minimum absolute atomic E-state index is 0.0671. The number of hydrogen-bond acceptors (Lipinski definition) is 6. The minimum Gasteiger partial charge on any atom is -0.324 e. The van der Waals surface area contributed by atoms with Crippen LogP contribution in [-0.4, -0.2) is 46.9 Å². The Hall–Kier alpha value is -3.40. The van der Waals surface area contributed by atoms with E-state index in [1.54, 1.807) is 23.4 Å². The third-order valence-corrected chi connectivity index (χ3v) is 5.79. The van der Waals surface area contributed by atoms with Crippen molar-refractivity contribution < 1.29 is 9.18 Å². The van der Waals surface area contributed by atoms with Gasteiger partial charge in [0.2, 0.25) is 5.82 Å². The number of carbonyl (C=O) groups excluding carboxylic acids is 1. The van der Waals surface area contributed by atoms with Crippen molar-refractivity contribution in [3.63, 3.8) is 0 Å². The van der Waals surface area contributed by atoms with Crippen LogP contribution < -0.4 is 0 Å². The molecule has 0 aliphatic carbocycles. The van der Waals surface area contributed by atoms with Gasteiger partial charge < -0.3 is 9.47 Å². The molecule has 8 nitrogen and oxygen atoms in total. The van der Waals surface area contributed by atoms with E-state index in [4.69, 9.17) is 0 Å². The number of carbonyl (C=O) groups is 1. The van der Waals surface area contributed by atoms with Crippen LogP contribution in [0.4, 0.5) is 4.39 Å². The van der Waals surface area contributed by atoms with Gasteiger partial charge in [-0.15, -0.1) is 26.6 Å². The third kappa shape index (κ3) is 3.01. The maximum atomic E-state index is 13.8. The highest BCUT2D eigenvalue weighted by molar-refractivity contribution is 7.13. The number of thiophene rings is 1. The zero-order valence-corrected chi connectivity index (χ0v) is 16.3. The molecule has 4 aromatic rings. The summed E-state index contributed by atoms with van der Waals surface area (Å²) in [6.07, 6.45) is 1.67. The lowest BCUT2D eigenvalue weighted by molar-refractivity contribution is 0.0625. The van der Waals surface area contributed by atoms with Crippen LogP contribution in [0.15, 0.2) is 48.1 Å². The highest BCUT2D eigenvalue weighted by atomic mass is 32.1. The summed E-state index contributed by atoms with van der Waals surface area (Å²) in [6.45, 7) is 3.02. The van der Waals surface area contributed by atoms with Gasteiger partial charge in [-0.2, -0.15) is 0 Å². The van der Waals surface area contributed by atoms with Gasteiger partial charge in [-0.05, 0) is 36.6 Å². The summed E-state index contributed by atoms with van der Waals surface area (Å²) >= 11 is 1.48. The molecule has 1 aliphatic rings. The lowest BCUT2D eigenvalue weighted by Crippen LogP contribution is -2.41. The lowest BCUT2D eigenvalue weighted by atomic mass is 10.2. The molecule has 0 bridgehead atoms. The quantitative estimate of drug-likeness (QED) is 0.520. The Labute approximate surface area is 169 Å². The van der Waals surface area contributed by atoms with Crippen molar-refractivity contribution in [2.24, 2.45) is 0 Å². The summed E-state index contributed by atoms with van der Waals surface area (Å²) < 4.78 is 17.2. The van der Waals surface area contributed by atoms with Crippen LogP contribution in [0.5, 0.6) is 0 Å². The van der Waals surface area contributed by atoms with Crippen LogP contribution >= 0.6 is 11.3 Å². The molecular weight excluding hydrogens is 393 g/mol. The van der Waals surface area contributed by atoms with Crippen LogP contribution in [0, 0.1) is 5.82 Å². The number of nitrogens with zero attached hydrogens (tertiary/aromatic N) is 7. The Balaban J connectivity index is 1.56. The lowest BCUT2D eigenvalue weighted by Gasteiger charge is -2.32. The van der Waals surface area contributed by atoms with E-state index in [1.165, 1.54) is 28.2 Å². The van der Waals surface area contributed by atoms with Gasteiger partial charge >= 0.3 is 0 Å². The second-order valence-electron chi connectivity index (χ2n) is 6.69. The van der Waals surface area contributed by atoms with Crippen LogP contribution in [0.3, 0.4) is 0 Å². The molecule has 3 aromatic heterocycles. The van der Waals surface area contributed by atoms with E-state index in [-0.39, 0.29) is 23.6 Å². The number of benzene rings is 1. The summed E-state index contributed by atoms with van der Waals surface area (Å²) in [4.78, 5) is 20.3. The molecule has 5 rings (SSSR count). The van der Waals surface area contributed by atoms with Crippen molar-refractivity contribution in [3.05, 3.63) is 65.6 Å². The summed E-state index contributed by atoms with van der Waals surface area (Å²) in [7, 11) is 0. The molecule has 1 aliphatic heterocycles. The van der Waals surface area contributed by atoms with Gasteiger partial charge in [0.25, 0.3) is 5.91 Å². The molecule has 1 unspecified atom stereocenters. The van der Waals surface area contributed by atoms with Crippen LogP contribution in [0.1, 0.15) is 29.4 Å². The van der Waals surface area contributed by atoms with Gasteiger partial charge in [0, 0.05) is 13.1 Å². The largest absolute Gasteiger partial charge is 0.324 e. The number of aromatic nitrogens is 6. The van der Waals surface area contributed by atoms with Crippen molar-refractivity contribution >= 4 is 17.2 Å². The SMILES string of the molecule is CC1c2nncn2CCN1C(=O)c1nc(-c2cccs2)n(-c2cccc(F)c2)n1. The van der Waals surface area contributed by atoms with Crippen LogP contribution in [0.25, 0.3) is 16.4 Å². The summed E-state index contributed by atoms with van der Waals surface area (Å²) in [5, 5.41) is 14.4. The topological polar surface area (TPSA) is 81.7 Å². The predicted molar refractivity (Wildman–Crippen MR) is 104 cm³/mol. The van der Waals surface area contributed by atoms with Gasteiger partial charge in [0.05, 0.1) is 16.6 Å². The number of fused-ring (bicyclic) bond motifs is 1. The van der Waals surface area contributed by atoms with E-state index in [1.807, 2.05) is 29.0 Å². The molecule has 29 heavy (non-hydrogen) atoms.